The molecule has 2 rings (SSSR count). The zero-order valence-electron chi connectivity index (χ0n) is 17.7. The lowest BCUT2D eigenvalue weighted by Gasteiger charge is -2.25. The lowest BCUT2D eigenvalue weighted by molar-refractivity contribution is -0.131. The molecule has 0 saturated carbocycles. The highest BCUT2D eigenvalue weighted by atomic mass is 16.5. The number of hydrogen-bond donors (Lipinski definition) is 0. The molecule has 0 radical (unpaired) electrons. The fraction of sp³-hybridized carbons (Fsp3) is 0.545. The van der Waals surface area contributed by atoms with Crippen LogP contribution in [0.3, 0.4) is 0 Å². The number of amides is 1. The third kappa shape index (κ3) is 5.12. The Morgan fingerprint density at radius 2 is 1.81 bits per heavy atom. The Bertz CT molecular complexity index is 763. The third-order valence-electron chi connectivity index (χ3n) is 5.23. The van der Waals surface area contributed by atoms with Crippen molar-refractivity contribution in [3.05, 3.63) is 46.8 Å². The number of ether oxygens (including phenoxy) is 1. The summed E-state index contributed by atoms with van der Waals surface area (Å²) >= 11 is 0. The first-order valence-corrected chi connectivity index (χ1v) is 9.67. The van der Waals surface area contributed by atoms with Crippen LogP contribution in [0.1, 0.15) is 55.7 Å². The van der Waals surface area contributed by atoms with Gasteiger partial charge in [-0.15, -0.1) is 0 Å². The first-order valence-electron chi connectivity index (χ1n) is 9.67. The van der Waals surface area contributed by atoms with Gasteiger partial charge in [0.1, 0.15) is 5.75 Å². The summed E-state index contributed by atoms with van der Waals surface area (Å²) in [6.07, 6.45) is 1.22. The normalized spacial score (nSPS) is 12.3. The van der Waals surface area contributed by atoms with Gasteiger partial charge >= 0.3 is 0 Å². The van der Waals surface area contributed by atoms with E-state index >= 15 is 0 Å². The van der Waals surface area contributed by atoms with E-state index < -0.39 is 0 Å². The van der Waals surface area contributed by atoms with Gasteiger partial charge in [-0.3, -0.25) is 9.48 Å². The molecule has 0 N–H and O–H groups in total. The van der Waals surface area contributed by atoms with Crippen molar-refractivity contribution in [2.45, 2.75) is 60.0 Å². The van der Waals surface area contributed by atoms with Crippen molar-refractivity contribution in [1.82, 2.24) is 14.7 Å². The van der Waals surface area contributed by atoms with Crippen molar-refractivity contribution in [2.75, 3.05) is 14.2 Å². The van der Waals surface area contributed by atoms with Gasteiger partial charge in [-0.1, -0.05) is 26.0 Å². The van der Waals surface area contributed by atoms with Gasteiger partial charge in [0.25, 0.3) is 0 Å². The summed E-state index contributed by atoms with van der Waals surface area (Å²) in [4.78, 5) is 14.6. The molecule has 1 aromatic heterocycles. The lowest BCUT2D eigenvalue weighted by Crippen LogP contribution is -2.29. The number of methoxy groups -OCH3 is 1. The van der Waals surface area contributed by atoms with Crippen LogP contribution < -0.4 is 4.74 Å². The predicted molar refractivity (Wildman–Crippen MR) is 109 cm³/mol. The van der Waals surface area contributed by atoms with Gasteiger partial charge in [0.2, 0.25) is 5.91 Å². The highest BCUT2D eigenvalue weighted by molar-refractivity contribution is 5.76. The van der Waals surface area contributed by atoms with Gasteiger partial charge in [-0.05, 0) is 56.4 Å². The molecule has 1 unspecified atom stereocenters. The van der Waals surface area contributed by atoms with E-state index in [-0.39, 0.29) is 11.9 Å². The topological polar surface area (TPSA) is 47.4 Å². The highest BCUT2D eigenvalue weighted by Crippen LogP contribution is 2.23. The summed E-state index contributed by atoms with van der Waals surface area (Å²) in [5.74, 6) is 1.52. The molecule has 0 bridgehead atoms. The quantitative estimate of drug-likeness (QED) is 0.694. The second-order valence-corrected chi connectivity index (χ2v) is 7.68. The van der Waals surface area contributed by atoms with Crippen LogP contribution in [0, 0.1) is 19.8 Å². The van der Waals surface area contributed by atoms with E-state index in [0.717, 1.165) is 30.0 Å². The Balaban J connectivity index is 2.01. The second kappa shape index (κ2) is 9.07. The highest BCUT2D eigenvalue weighted by Gasteiger charge is 2.19. The van der Waals surface area contributed by atoms with E-state index in [1.807, 2.05) is 43.1 Å². The molecule has 0 fully saturated rings. The number of nitrogens with zero attached hydrogens (tertiary/aromatic N) is 3. The maximum Gasteiger partial charge on any atom is 0.223 e. The van der Waals surface area contributed by atoms with Crippen molar-refractivity contribution < 1.29 is 9.53 Å². The van der Waals surface area contributed by atoms with Gasteiger partial charge in [0, 0.05) is 25.7 Å². The van der Waals surface area contributed by atoms with Crippen LogP contribution in [0.2, 0.25) is 0 Å². The minimum absolute atomic E-state index is 0.0225. The van der Waals surface area contributed by atoms with Crippen LogP contribution in [-0.2, 0) is 17.8 Å². The van der Waals surface area contributed by atoms with Gasteiger partial charge in [-0.25, -0.2) is 0 Å². The summed E-state index contributed by atoms with van der Waals surface area (Å²) < 4.78 is 7.28. The molecule has 0 aliphatic carbocycles. The molecule has 5 nitrogen and oxygen atoms in total. The van der Waals surface area contributed by atoms with E-state index in [4.69, 9.17) is 4.74 Å². The van der Waals surface area contributed by atoms with Crippen LogP contribution in [0.15, 0.2) is 24.3 Å². The second-order valence-electron chi connectivity index (χ2n) is 7.68. The molecule has 0 aliphatic rings. The average Bonchev–Trinajstić information content (AvgIpc) is 2.91. The molecule has 1 atom stereocenters. The Morgan fingerprint density at radius 1 is 1.19 bits per heavy atom. The van der Waals surface area contributed by atoms with Gasteiger partial charge in [0.05, 0.1) is 18.8 Å². The largest absolute Gasteiger partial charge is 0.497 e. The number of aromatic nitrogens is 2. The third-order valence-corrected chi connectivity index (χ3v) is 5.23. The summed E-state index contributed by atoms with van der Waals surface area (Å²) in [6.45, 7) is 11.5. The minimum Gasteiger partial charge on any atom is -0.497 e. The van der Waals surface area contributed by atoms with Crippen LogP contribution in [-0.4, -0.2) is 34.7 Å². The van der Waals surface area contributed by atoms with Crippen molar-refractivity contribution in [2.24, 2.45) is 5.92 Å². The van der Waals surface area contributed by atoms with Crippen molar-refractivity contribution in [3.8, 4) is 5.75 Å². The van der Waals surface area contributed by atoms with E-state index in [1.54, 1.807) is 7.11 Å². The Kier molecular flexibility index (Phi) is 7.05. The first-order chi connectivity index (χ1) is 12.7. The maximum atomic E-state index is 12.7. The van der Waals surface area contributed by atoms with Crippen LogP contribution in [0.5, 0.6) is 5.75 Å². The molecule has 0 saturated heterocycles. The number of hydrogen-bond acceptors (Lipinski definition) is 3. The molecule has 5 heteroatoms. The summed E-state index contributed by atoms with van der Waals surface area (Å²) in [6, 6.07) is 7.91. The molecular formula is C22H33N3O2. The predicted octanol–water partition coefficient (Wildman–Crippen LogP) is 4.32. The zero-order chi connectivity index (χ0) is 20.1. The van der Waals surface area contributed by atoms with E-state index in [1.165, 1.54) is 11.3 Å². The average molecular weight is 372 g/mol. The fourth-order valence-corrected chi connectivity index (χ4v) is 3.35. The minimum atomic E-state index is 0.0225. The molecule has 0 spiro atoms. The molecule has 1 amide bonds. The molecule has 27 heavy (non-hydrogen) atoms. The van der Waals surface area contributed by atoms with E-state index in [9.17, 15) is 4.79 Å². The number of carbonyl (C=O) groups is 1. The first kappa shape index (κ1) is 21.0. The van der Waals surface area contributed by atoms with Gasteiger partial charge in [-0.2, -0.15) is 5.10 Å². The van der Waals surface area contributed by atoms with Gasteiger partial charge < -0.3 is 9.64 Å². The monoisotopic (exact) mass is 371 g/mol. The molecule has 2 aromatic rings. The Morgan fingerprint density at radius 3 is 2.37 bits per heavy atom. The van der Waals surface area contributed by atoms with Crippen molar-refractivity contribution >= 4 is 5.91 Å². The molecule has 0 aliphatic heterocycles. The zero-order valence-corrected chi connectivity index (χ0v) is 17.7. The molecule has 1 aromatic carbocycles. The number of benzene rings is 1. The molecule has 148 valence electrons. The van der Waals surface area contributed by atoms with Crippen molar-refractivity contribution in [3.63, 3.8) is 0 Å². The SMILES string of the molecule is COc1ccc(C(C)N(C)C(=O)CCc2c(C)nn(CC(C)C)c2C)cc1. The van der Waals surface area contributed by atoms with Crippen LogP contribution in [0.25, 0.3) is 0 Å². The summed E-state index contributed by atoms with van der Waals surface area (Å²) in [7, 11) is 3.53. The fourth-order valence-electron chi connectivity index (χ4n) is 3.35. The number of rotatable bonds is 8. The van der Waals surface area contributed by atoms with Gasteiger partial charge in [0.15, 0.2) is 0 Å². The lowest BCUT2D eigenvalue weighted by atomic mass is 10.0. The Labute approximate surface area is 163 Å². The van der Waals surface area contributed by atoms with Crippen molar-refractivity contribution in [1.29, 1.82) is 0 Å². The number of carbonyl (C=O) groups excluding carboxylic acids is 1. The summed E-state index contributed by atoms with van der Waals surface area (Å²) in [5.41, 5.74) is 4.52. The van der Waals surface area contributed by atoms with E-state index in [0.29, 0.717) is 12.3 Å². The van der Waals surface area contributed by atoms with E-state index in [2.05, 4.69) is 37.5 Å². The number of aryl methyl sites for hydroxylation is 1. The van der Waals surface area contributed by atoms with Crippen LogP contribution in [0.4, 0.5) is 0 Å². The molecular weight excluding hydrogens is 338 g/mol. The van der Waals surface area contributed by atoms with Crippen LogP contribution >= 0.6 is 0 Å². The summed E-state index contributed by atoms with van der Waals surface area (Å²) in [5, 5.41) is 4.65. The standard InChI is InChI=1S/C22H33N3O2/c1-15(2)14-25-18(5)21(16(3)23-25)12-13-22(26)24(6)17(4)19-8-10-20(27-7)11-9-19/h8-11,15,17H,12-14H2,1-7H3. The Hall–Kier alpha value is -2.30. The maximum absolute atomic E-state index is 12.7. The molecule has 1 heterocycles. The smallest absolute Gasteiger partial charge is 0.223 e.